The number of thioether (sulfide) groups is 1. The molecule has 0 aromatic rings. The van der Waals surface area contributed by atoms with Gasteiger partial charge in [-0.25, -0.2) is 4.79 Å². The lowest BCUT2D eigenvalue weighted by Crippen LogP contribution is -2.48. The van der Waals surface area contributed by atoms with Crippen molar-refractivity contribution in [1.29, 1.82) is 0 Å². The Morgan fingerprint density at radius 3 is 2.41 bits per heavy atom. The third-order valence-corrected chi connectivity index (χ3v) is 4.74. The molecule has 1 unspecified atom stereocenters. The first-order valence-electron chi connectivity index (χ1n) is 6.57. The van der Waals surface area contributed by atoms with E-state index in [9.17, 15) is 9.90 Å². The molecule has 0 spiro atoms. The molecule has 0 aromatic heterocycles. The number of aliphatic hydroxyl groups excluding tert-OH is 1. The molecule has 2 fully saturated rings. The zero-order chi connectivity index (χ0) is 12.1. The van der Waals surface area contributed by atoms with Crippen LogP contribution in [0.15, 0.2) is 0 Å². The van der Waals surface area contributed by atoms with Crippen LogP contribution in [0.5, 0.6) is 0 Å². The van der Waals surface area contributed by atoms with E-state index >= 15 is 0 Å². The minimum absolute atomic E-state index is 0.0288. The van der Waals surface area contributed by atoms with E-state index in [0.717, 1.165) is 37.9 Å². The molecule has 1 heterocycles. The number of hydrogen-bond acceptors (Lipinski definition) is 3. The van der Waals surface area contributed by atoms with Crippen LogP contribution in [0.1, 0.15) is 38.5 Å². The van der Waals surface area contributed by atoms with Gasteiger partial charge in [0.1, 0.15) is 0 Å². The Labute approximate surface area is 107 Å². The van der Waals surface area contributed by atoms with Gasteiger partial charge in [-0.15, -0.1) is 0 Å². The molecule has 0 aromatic carbocycles. The summed E-state index contributed by atoms with van der Waals surface area (Å²) in [5, 5.41) is 15.5. The maximum atomic E-state index is 11.8. The highest BCUT2D eigenvalue weighted by molar-refractivity contribution is 7.99. The van der Waals surface area contributed by atoms with Gasteiger partial charge in [-0.2, -0.15) is 11.8 Å². The van der Waals surface area contributed by atoms with Gasteiger partial charge in [0.25, 0.3) is 0 Å². The highest BCUT2D eigenvalue weighted by Gasteiger charge is 2.22. The van der Waals surface area contributed by atoms with Crippen LogP contribution in [-0.2, 0) is 0 Å². The second kappa shape index (κ2) is 6.50. The van der Waals surface area contributed by atoms with Crippen molar-refractivity contribution in [3.8, 4) is 0 Å². The van der Waals surface area contributed by atoms with Gasteiger partial charge < -0.3 is 15.7 Å². The number of hydrogen-bond donors (Lipinski definition) is 3. The highest BCUT2D eigenvalue weighted by Crippen LogP contribution is 2.19. The molecule has 1 saturated carbocycles. The third kappa shape index (κ3) is 4.39. The molecule has 4 nitrogen and oxygen atoms in total. The van der Waals surface area contributed by atoms with Gasteiger partial charge in [-0.05, 0) is 44.3 Å². The van der Waals surface area contributed by atoms with Crippen LogP contribution < -0.4 is 10.6 Å². The Hall–Kier alpha value is -0.420. The molecule has 1 atom stereocenters. The van der Waals surface area contributed by atoms with E-state index in [1.807, 2.05) is 11.8 Å². The summed E-state index contributed by atoms with van der Waals surface area (Å²) >= 11 is 1.92. The molecule has 2 aliphatic rings. The highest BCUT2D eigenvalue weighted by atomic mass is 32.2. The summed E-state index contributed by atoms with van der Waals surface area (Å²) in [4.78, 5) is 11.8. The average Bonchev–Trinajstić information content (AvgIpc) is 2.33. The van der Waals surface area contributed by atoms with Crippen molar-refractivity contribution >= 4 is 17.8 Å². The van der Waals surface area contributed by atoms with Crippen molar-refractivity contribution in [3.63, 3.8) is 0 Å². The number of aliphatic hydroxyl groups is 1. The molecule has 2 amide bonds. The van der Waals surface area contributed by atoms with E-state index in [-0.39, 0.29) is 18.2 Å². The molecule has 5 heteroatoms. The first-order chi connectivity index (χ1) is 8.24. The summed E-state index contributed by atoms with van der Waals surface area (Å²) in [6, 6.07) is 0.552. The molecular weight excluding hydrogens is 236 g/mol. The topological polar surface area (TPSA) is 61.4 Å². The lowest BCUT2D eigenvalue weighted by molar-refractivity contribution is 0.117. The van der Waals surface area contributed by atoms with E-state index in [0.29, 0.717) is 6.04 Å². The number of carbonyl (C=O) groups is 1. The van der Waals surface area contributed by atoms with Crippen molar-refractivity contribution in [2.75, 3.05) is 11.5 Å². The third-order valence-electron chi connectivity index (χ3n) is 3.53. The van der Waals surface area contributed by atoms with Crippen LogP contribution in [-0.4, -0.2) is 40.8 Å². The van der Waals surface area contributed by atoms with Crippen molar-refractivity contribution in [2.45, 2.75) is 56.7 Å². The van der Waals surface area contributed by atoms with Gasteiger partial charge in [-0.3, -0.25) is 0 Å². The number of urea groups is 1. The molecule has 0 bridgehead atoms. The molecule has 1 aliphatic heterocycles. The molecule has 0 radical (unpaired) electrons. The normalized spacial score (nSPS) is 34.1. The lowest BCUT2D eigenvalue weighted by atomic mass is 9.93. The number of amides is 2. The van der Waals surface area contributed by atoms with Gasteiger partial charge in [0.15, 0.2) is 0 Å². The zero-order valence-electron chi connectivity index (χ0n) is 10.2. The molecule has 17 heavy (non-hydrogen) atoms. The van der Waals surface area contributed by atoms with Crippen LogP contribution in [0.25, 0.3) is 0 Å². The van der Waals surface area contributed by atoms with Gasteiger partial charge in [0.2, 0.25) is 0 Å². The van der Waals surface area contributed by atoms with Crippen LogP contribution in [0.2, 0.25) is 0 Å². The van der Waals surface area contributed by atoms with Crippen LogP contribution in [0, 0.1) is 0 Å². The minimum atomic E-state index is -0.161. The second-order valence-corrected chi connectivity index (χ2v) is 6.19. The summed E-state index contributed by atoms with van der Waals surface area (Å²) in [7, 11) is 0. The van der Waals surface area contributed by atoms with Crippen molar-refractivity contribution in [3.05, 3.63) is 0 Å². The van der Waals surface area contributed by atoms with E-state index in [1.165, 1.54) is 12.2 Å². The minimum Gasteiger partial charge on any atom is -0.393 e. The molecule has 2 rings (SSSR count). The van der Waals surface area contributed by atoms with E-state index in [4.69, 9.17) is 0 Å². The Morgan fingerprint density at radius 2 is 1.76 bits per heavy atom. The first-order valence-corrected chi connectivity index (χ1v) is 7.72. The number of rotatable bonds is 2. The Morgan fingerprint density at radius 1 is 1.06 bits per heavy atom. The monoisotopic (exact) mass is 258 g/mol. The smallest absolute Gasteiger partial charge is 0.315 e. The van der Waals surface area contributed by atoms with Crippen molar-refractivity contribution in [2.24, 2.45) is 0 Å². The summed E-state index contributed by atoms with van der Waals surface area (Å²) in [5.41, 5.74) is 0. The van der Waals surface area contributed by atoms with E-state index in [2.05, 4.69) is 10.6 Å². The summed E-state index contributed by atoms with van der Waals surface area (Å²) < 4.78 is 0. The largest absolute Gasteiger partial charge is 0.393 e. The average molecular weight is 258 g/mol. The molecular formula is C12H22N2O2S. The van der Waals surface area contributed by atoms with Crippen LogP contribution in [0.4, 0.5) is 4.79 Å². The van der Waals surface area contributed by atoms with Crippen LogP contribution in [0.3, 0.4) is 0 Å². The maximum absolute atomic E-state index is 11.8. The molecule has 1 saturated heterocycles. The maximum Gasteiger partial charge on any atom is 0.315 e. The van der Waals surface area contributed by atoms with Gasteiger partial charge >= 0.3 is 6.03 Å². The Balaban J connectivity index is 1.66. The summed E-state index contributed by atoms with van der Waals surface area (Å²) in [5.74, 6) is 2.26. The standard InChI is InChI=1S/C12H22N2O2S/c15-11-5-3-9(4-6-11)13-12(16)14-10-2-1-7-17-8-10/h9-11,15H,1-8H2,(H2,13,14,16). The van der Waals surface area contributed by atoms with E-state index in [1.54, 1.807) is 0 Å². The van der Waals surface area contributed by atoms with Gasteiger partial charge in [0, 0.05) is 17.8 Å². The Kier molecular flexibility index (Phi) is 4.98. The molecule has 98 valence electrons. The number of nitrogens with one attached hydrogen (secondary N) is 2. The fourth-order valence-corrected chi connectivity index (χ4v) is 3.56. The van der Waals surface area contributed by atoms with E-state index < -0.39 is 0 Å². The lowest BCUT2D eigenvalue weighted by Gasteiger charge is -2.28. The molecule has 3 N–H and O–H groups in total. The molecule has 1 aliphatic carbocycles. The van der Waals surface area contributed by atoms with Crippen LogP contribution >= 0.6 is 11.8 Å². The SMILES string of the molecule is O=C(NC1CCC(O)CC1)NC1CCCSC1. The fourth-order valence-electron chi connectivity index (χ4n) is 2.49. The van der Waals surface area contributed by atoms with Crippen molar-refractivity contribution < 1.29 is 9.90 Å². The zero-order valence-corrected chi connectivity index (χ0v) is 11.0. The van der Waals surface area contributed by atoms with Crippen molar-refractivity contribution in [1.82, 2.24) is 10.6 Å². The second-order valence-electron chi connectivity index (χ2n) is 5.04. The predicted octanol–water partition coefficient (Wildman–Crippen LogP) is 1.48. The Bertz CT molecular complexity index is 249. The summed E-state index contributed by atoms with van der Waals surface area (Å²) in [6.45, 7) is 0. The first kappa shape index (κ1) is 13.0. The predicted molar refractivity (Wildman–Crippen MR) is 70.3 cm³/mol. The quantitative estimate of drug-likeness (QED) is 0.703. The summed E-state index contributed by atoms with van der Waals surface area (Å²) in [6.07, 6.45) is 5.55. The number of carbonyl (C=O) groups excluding carboxylic acids is 1. The fraction of sp³-hybridized carbons (Fsp3) is 0.917. The van der Waals surface area contributed by atoms with Gasteiger partial charge in [0.05, 0.1) is 6.10 Å². The van der Waals surface area contributed by atoms with Gasteiger partial charge in [-0.1, -0.05) is 0 Å².